The third-order valence-electron chi connectivity index (χ3n) is 2.37. The Morgan fingerprint density at radius 1 is 1.29 bits per heavy atom. The summed E-state index contributed by atoms with van der Waals surface area (Å²) in [5, 5.41) is 10.4. The van der Waals surface area contributed by atoms with Gasteiger partial charge in [-0.2, -0.15) is 0 Å². The number of aliphatic hydroxyl groups excluding tert-OH is 1. The number of benzene rings is 1. The largest absolute Gasteiger partial charge is 0.383 e. The van der Waals surface area contributed by atoms with Crippen molar-refractivity contribution in [1.29, 1.82) is 0 Å². The standard InChI is InChI=1S/C12H10Br2OS2/c1-16-9-5-3-2-4-7(9)11(15)10-6-8(13)12(14)17-10/h2-6,11,15H,1H3. The summed E-state index contributed by atoms with van der Waals surface area (Å²) in [4.78, 5) is 2.05. The zero-order valence-electron chi connectivity index (χ0n) is 8.98. The van der Waals surface area contributed by atoms with Crippen LogP contribution >= 0.6 is 55.0 Å². The highest BCUT2D eigenvalue weighted by atomic mass is 79.9. The molecule has 0 saturated carbocycles. The molecule has 1 N–H and O–H groups in total. The summed E-state index contributed by atoms with van der Waals surface area (Å²) in [5.41, 5.74) is 0.959. The van der Waals surface area contributed by atoms with Gasteiger partial charge >= 0.3 is 0 Å². The molecule has 0 bridgehead atoms. The van der Waals surface area contributed by atoms with E-state index in [1.54, 1.807) is 23.1 Å². The molecule has 1 unspecified atom stereocenters. The van der Waals surface area contributed by atoms with Gasteiger partial charge in [-0.05, 0) is 55.8 Å². The second-order valence-electron chi connectivity index (χ2n) is 3.41. The van der Waals surface area contributed by atoms with Crippen molar-refractivity contribution in [3.05, 3.63) is 49.0 Å². The van der Waals surface area contributed by atoms with E-state index >= 15 is 0 Å². The lowest BCUT2D eigenvalue weighted by Crippen LogP contribution is -1.98. The molecule has 0 amide bonds. The molecule has 0 aliphatic rings. The van der Waals surface area contributed by atoms with Crippen LogP contribution in [0.2, 0.25) is 0 Å². The Morgan fingerprint density at radius 2 is 2.00 bits per heavy atom. The number of thiophene rings is 1. The van der Waals surface area contributed by atoms with E-state index in [-0.39, 0.29) is 0 Å². The van der Waals surface area contributed by atoms with E-state index in [1.807, 2.05) is 36.6 Å². The first-order chi connectivity index (χ1) is 8.13. The highest BCUT2D eigenvalue weighted by Gasteiger charge is 2.17. The van der Waals surface area contributed by atoms with Crippen LogP contribution in [-0.2, 0) is 0 Å². The first-order valence-corrected chi connectivity index (χ1v) is 8.52. The second kappa shape index (κ2) is 5.89. The van der Waals surface area contributed by atoms with E-state index in [2.05, 4.69) is 31.9 Å². The molecule has 0 fully saturated rings. The van der Waals surface area contributed by atoms with Gasteiger partial charge in [-0.1, -0.05) is 18.2 Å². The molecule has 0 saturated heterocycles. The number of rotatable bonds is 3. The van der Waals surface area contributed by atoms with Crippen LogP contribution in [0.25, 0.3) is 0 Å². The van der Waals surface area contributed by atoms with Crippen LogP contribution in [0.1, 0.15) is 16.5 Å². The first-order valence-electron chi connectivity index (χ1n) is 4.89. The Morgan fingerprint density at radius 3 is 2.59 bits per heavy atom. The third kappa shape index (κ3) is 2.96. The van der Waals surface area contributed by atoms with Gasteiger partial charge in [0.25, 0.3) is 0 Å². The summed E-state index contributed by atoms with van der Waals surface area (Å²) < 4.78 is 1.99. The number of hydrogen-bond donors (Lipinski definition) is 1. The predicted octanol–water partition coefficient (Wildman–Crippen LogP) is 5.08. The summed E-state index contributed by atoms with van der Waals surface area (Å²) >= 11 is 10.1. The van der Waals surface area contributed by atoms with Crippen LogP contribution < -0.4 is 0 Å². The van der Waals surface area contributed by atoms with Crippen molar-refractivity contribution < 1.29 is 5.11 Å². The normalized spacial score (nSPS) is 12.7. The smallest absolute Gasteiger partial charge is 0.114 e. The van der Waals surface area contributed by atoms with Crippen LogP contribution in [0.5, 0.6) is 0 Å². The molecule has 1 aromatic carbocycles. The molecule has 2 aromatic rings. The van der Waals surface area contributed by atoms with Gasteiger partial charge in [0.2, 0.25) is 0 Å². The maximum Gasteiger partial charge on any atom is 0.114 e. The minimum atomic E-state index is -0.564. The summed E-state index contributed by atoms with van der Waals surface area (Å²) in [6.45, 7) is 0. The molecule has 1 nitrogen and oxygen atoms in total. The molecule has 1 heterocycles. The Kier molecular flexibility index (Phi) is 4.72. The van der Waals surface area contributed by atoms with Gasteiger partial charge in [0, 0.05) is 14.2 Å². The number of thioether (sulfide) groups is 1. The highest BCUT2D eigenvalue weighted by molar-refractivity contribution is 9.13. The van der Waals surface area contributed by atoms with Crippen molar-refractivity contribution in [2.24, 2.45) is 0 Å². The van der Waals surface area contributed by atoms with Crippen molar-refractivity contribution in [3.63, 3.8) is 0 Å². The van der Waals surface area contributed by atoms with E-state index in [4.69, 9.17) is 0 Å². The average Bonchev–Trinajstić information content (AvgIpc) is 2.68. The maximum absolute atomic E-state index is 10.4. The fourth-order valence-electron chi connectivity index (χ4n) is 1.54. The molecular weight excluding hydrogens is 384 g/mol. The quantitative estimate of drug-likeness (QED) is 0.734. The Bertz CT molecular complexity index is 505. The molecule has 5 heteroatoms. The van der Waals surface area contributed by atoms with Crippen molar-refractivity contribution >= 4 is 55.0 Å². The van der Waals surface area contributed by atoms with Crippen LogP contribution in [-0.4, -0.2) is 11.4 Å². The Labute approximate surface area is 126 Å². The zero-order valence-corrected chi connectivity index (χ0v) is 13.8. The summed E-state index contributed by atoms with van der Waals surface area (Å²) in [5.74, 6) is 0. The summed E-state index contributed by atoms with van der Waals surface area (Å²) in [6.07, 6.45) is 1.46. The molecule has 0 spiro atoms. The van der Waals surface area contributed by atoms with Gasteiger partial charge in [0.05, 0.1) is 3.79 Å². The van der Waals surface area contributed by atoms with Crippen molar-refractivity contribution in [3.8, 4) is 0 Å². The van der Waals surface area contributed by atoms with E-state index < -0.39 is 6.10 Å². The lowest BCUT2D eigenvalue weighted by Gasteiger charge is -2.12. The van der Waals surface area contributed by atoms with Crippen molar-refractivity contribution in [2.45, 2.75) is 11.0 Å². The molecule has 1 aromatic heterocycles. The minimum absolute atomic E-state index is 0.564. The minimum Gasteiger partial charge on any atom is -0.383 e. The monoisotopic (exact) mass is 392 g/mol. The maximum atomic E-state index is 10.4. The van der Waals surface area contributed by atoms with Crippen molar-refractivity contribution in [2.75, 3.05) is 6.26 Å². The van der Waals surface area contributed by atoms with Gasteiger partial charge in [-0.3, -0.25) is 0 Å². The molecule has 0 radical (unpaired) electrons. The van der Waals surface area contributed by atoms with Gasteiger partial charge in [-0.15, -0.1) is 23.1 Å². The molecule has 17 heavy (non-hydrogen) atoms. The summed E-state index contributed by atoms with van der Waals surface area (Å²) in [7, 11) is 0. The van der Waals surface area contributed by atoms with Crippen LogP contribution in [0.4, 0.5) is 0 Å². The van der Waals surface area contributed by atoms with Crippen molar-refractivity contribution in [1.82, 2.24) is 0 Å². The molecule has 0 aliphatic carbocycles. The van der Waals surface area contributed by atoms with Crippen LogP contribution in [0.3, 0.4) is 0 Å². The number of hydrogen-bond acceptors (Lipinski definition) is 3. The fourth-order valence-corrected chi connectivity index (χ4v) is 4.27. The van der Waals surface area contributed by atoms with Crippen LogP contribution in [0.15, 0.2) is 43.5 Å². The lowest BCUT2D eigenvalue weighted by molar-refractivity contribution is 0.221. The molecule has 0 aliphatic heterocycles. The van der Waals surface area contributed by atoms with Gasteiger partial charge in [-0.25, -0.2) is 0 Å². The van der Waals surface area contributed by atoms with E-state index in [0.29, 0.717) is 0 Å². The fraction of sp³-hybridized carbons (Fsp3) is 0.167. The van der Waals surface area contributed by atoms with Crippen LogP contribution in [0, 0.1) is 0 Å². The van der Waals surface area contributed by atoms with E-state index in [9.17, 15) is 5.11 Å². The predicted molar refractivity (Wildman–Crippen MR) is 82.0 cm³/mol. The van der Waals surface area contributed by atoms with Gasteiger partial charge in [0.1, 0.15) is 6.10 Å². The molecule has 1 atom stereocenters. The Balaban J connectivity index is 2.39. The Hall–Kier alpha value is 0.190. The van der Waals surface area contributed by atoms with Gasteiger partial charge < -0.3 is 5.11 Å². The topological polar surface area (TPSA) is 20.2 Å². The SMILES string of the molecule is CSc1ccccc1C(O)c1cc(Br)c(Br)s1. The first kappa shape index (κ1) is 13.6. The zero-order chi connectivity index (χ0) is 12.4. The lowest BCUT2D eigenvalue weighted by atomic mass is 10.1. The summed E-state index contributed by atoms with van der Waals surface area (Å²) in [6, 6.07) is 9.90. The van der Waals surface area contributed by atoms with E-state index in [1.165, 1.54) is 0 Å². The molecule has 2 rings (SSSR count). The van der Waals surface area contributed by atoms with Gasteiger partial charge in [0.15, 0.2) is 0 Å². The number of halogens is 2. The number of aliphatic hydroxyl groups is 1. The molecular formula is C12H10Br2OS2. The highest BCUT2D eigenvalue weighted by Crippen LogP contribution is 2.39. The third-order valence-corrected chi connectivity index (χ3v) is 6.49. The molecule has 90 valence electrons. The van der Waals surface area contributed by atoms with E-state index in [0.717, 1.165) is 23.6 Å². The average molecular weight is 394 g/mol. The second-order valence-corrected chi connectivity index (χ2v) is 7.52.